The lowest BCUT2D eigenvalue weighted by Gasteiger charge is -2.12. The fourth-order valence-corrected chi connectivity index (χ4v) is 2.39. The highest BCUT2D eigenvalue weighted by atomic mass is 79.9. The minimum absolute atomic E-state index is 0.300. The van der Waals surface area contributed by atoms with Gasteiger partial charge in [-0.2, -0.15) is 0 Å². The van der Waals surface area contributed by atoms with E-state index in [1.54, 1.807) is 12.1 Å². The van der Waals surface area contributed by atoms with Crippen molar-refractivity contribution in [1.82, 2.24) is 0 Å². The molecule has 2 rings (SSSR count). The molecule has 0 amide bonds. The third-order valence-corrected chi connectivity index (χ3v) is 3.02. The normalized spacial score (nSPS) is 12.5. The first-order valence-corrected chi connectivity index (χ1v) is 6.06. The van der Waals surface area contributed by atoms with E-state index in [1.807, 2.05) is 25.1 Å². The van der Waals surface area contributed by atoms with Gasteiger partial charge < -0.3 is 5.11 Å². The second-order valence-electron chi connectivity index (χ2n) is 4.02. The fourth-order valence-electron chi connectivity index (χ4n) is 1.76. The molecule has 1 N–H and O–H groups in total. The van der Waals surface area contributed by atoms with Gasteiger partial charge in [0.05, 0.1) is 0 Å². The van der Waals surface area contributed by atoms with E-state index < -0.39 is 6.10 Å². The molecule has 17 heavy (non-hydrogen) atoms. The number of aliphatic hydroxyl groups excluding tert-OH is 1. The Labute approximate surface area is 108 Å². The predicted octanol–water partition coefficient (Wildman–Crippen LogP) is 3.98. The Hall–Kier alpha value is -1.19. The lowest BCUT2D eigenvalue weighted by Crippen LogP contribution is -2.00. The van der Waals surface area contributed by atoms with Gasteiger partial charge >= 0.3 is 0 Å². The van der Waals surface area contributed by atoms with Gasteiger partial charge in [0, 0.05) is 4.47 Å². The van der Waals surface area contributed by atoms with Crippen LogP contribution in [-0.2, 0) is 0 Å². The van der Waals surface area contributed by atoms with Crippen LogP contribution >= 0.6 is 15.9 Å². The van der Waals surface area contributed by atoms with Crippen LogP contribution in [0.3, 0.4) is 0 Å². The van der Waals surface area contributed by atoms with Gasteiger partial charge in [0.15, 0.2) is 0 Å². The molecule has 3 heteroatoms. The zero-order valence-corrected chi connectivity index (χ0v) is 10.9. The minimum Gasteiger partial charge on any atom is -0.384 e. The standard InChI is InChI=1S/C14H12BrFO/c1-9-6-11(8-12(15)7-9)14(17)10-2-4-13(16)5-3-10/h2-8,14,17H,1H3. The van der Waals surface area contributed by atoms with Crippen molar-refractivity contribution < 1.29 is 9.50 Å². The lowest BCUT2D eigenvalue weighted by molar-refractivity contribution is 0.220. The number of hydrogen-bond acceptors (Lipinski definition) is 1. The first-order valence-electron chi connectivity index (χ1n) is 5.27. The molecule has 2 aromatic rings. The molecule has 0 bridgehead atoms. The summed E-state index contributed by atoms with van der Waals surface area (Å²) in [5.74, 6) is -0.300. The third-order valence-electron chi connectivity index (χ3n) is 2.57. The SMILES string of the molecule is Cc1cc(Br)cc(C(O)c2ccc(F)cc2)c1. The Bertz CT molecular complexity index is 502. The highest BCUT2D eigenvalue weighted by molar-refractivity contribution is 9.10. The topological polar surface area (TPSA) is 20.2 Å². The molecule has 2 aromatic carbocycles. The number of aliphatic hydroxyl groups is 1. The maximum atomic E-state index is 12.8. The molecule has 0 spiro atoms. The number of halogens is 2. The molecule has 0 saturated carbocycles. The van der Waals surface area contributed by atoms with Gasteiger partial charge in [-0.05, 0) is 47.9 Å². The van der Waals surface area contributed by atoms with Crippen molar-refractivity contribution in [1.29, 1.82) is 0 Å². The average molecular weight is 295 g/mol. The molecule has 1 unspecified atom stereocenters. The van der Waals surface area contributed by atoms with Crippen LogP contribution in [0.15, 0.2) is 46.9 Å². The van der Waals surface area contributed by atoms with Crippen molar-refractivity contribution in [2.24, 2.45) is 0 Å². The maximum absolute atomic E-state index is 12.8. The van der Waals surface area contributed by atoms with Gasteiger partial charge in [-0.3, -0.25) is 0 Å². The number of rotatable bonds is 2. The van der Waals surface area contributed by atoms with E-state index in [2.05, 4.69) is 15.9 Å². The van der Waals surface area contributed by atoms with Crippen molar-refractivity contribution >= 4 is 15.9 Å². The second kappa shape index (κ2) is 4.98. The largest absolute Gasteiger partial charge is 0.384 e. The number of aryl methyl sites for hydroxylation is 1. The van der Waals surface area contributed by atoms with E-state index in [0.717, 1.165) is 15.6 Å². The van der Waals surface area contributed by atoms with Gasteiger partial charge in [0.1, 0.15) is 11.9 Å². The molecule has 0 radical (unpaired) electrons. The number of benzene rings is 2. The van der Waals surface area contributed by atoms with Gasteiger partial charge in [0.25, 0.3) is 0 Å². The van der Waals surface area contributed by atoms with Gasteiger partial charge in [0.2, 0.25) is 0 Å². The Morgan fingerprint density at radius 2 is 1.71 bits per heavy atom. The van der Waals surface area contributed by atoms with Crippen LogP contribution < -0.4 is 0 Å². The predicted molar refractivity (Wildman–Crippen MR) is 69.3 cm³/mol. The molecule has 1 nitrogen and oxygen atoms in total. The Kier molecular flexibility index (Phi) is 3.60. The summed E-state index contributed by atoms with van der Waals surface area (Å²) < 4.78 is 13.7. The molecule has 88 valence electrons. The smallest absolute Gasteiger partial charge is 0.123 e. The summed E-state index contributed by atoms with van der Waals surface area (Å²) in [7, 11) is 0. The maximum Gasteiger partial charge on any atom is 0.123 e. The van der Waals surface area contributed by atoms with E-state index in [1.165, 1.54) is 12.1 Å². The van der Waals surface area contributed by atoms with Crippen LogP contribution in [0.5, 0.6) is 0 Å². The van der Waals surface area contributed by atoms with Crippen LogP contribution in [0.4, 0.5) is 4.39 Å². The van der Waals surface area contributed by atoms with Crippen LogP contribution in [0, 0.1) is 12.7 Å². The quantitative estimate of drug-likeness (QED) is 0.888. The van der Waals surface area contributed by atoms with E-state index in [4.69, 9.17) is 0 Å². The highest BCUT2D eigenvalue weighted by Gasteiger charge is 2.11. The Morgan fingerprint density at radius 3 is 2.29 bits per heavy atom. The molecule has 0 fully saturated rings. The molecular formula is C14H12BrFO. The summed E-state index contributed by atoms with van der Waals surface area (Å²) in [6, 6.07) is 11.6. The van der Waals surface area contributed by atoms with E-state index in [0.29, 0.717) is 5.56 Å². The van der Waals surface area contributed by atoms with Gasteiger partial charge in [-0.25, -0.2) is 4.39 Å². The zero-order chi connectivity index (χ0) is 12.4. The van der Waals surface area contributed by atoms with Crippen molar-refractivity contribution in [3.05, 3.63) is 69.4 Å². The summed E-state index contributed by atoms with van der Waals surface area (Å²) in [4.78, 5) is 0. The first kappa shape index (κ1) is 12.3. The van der Waals surface area contributed by atoms with E-state index >= 15 is 0 Å². The van der Waals surface area contributed by atoms with Crippen molar-refractivity contribution in [3.63, 3.8) is 0 Å². The van der Waals surface area contributed by atoms with Crippen molar-refractivity contribution in [2.45, 2.75) is 13.0 Å². The lowest BCUT2D eigenvalue weighted by atomic mass is 10.0. The second-order valence-corrected chi connectivity index (χ2v) is 4.93. The summed E-state index contributed by atoms with van der Waals surface area (Å²) in [5.41, 5.74) is 2.54. The van der Waals surface area contributed by atoms with Crippen LogP contribution in [0.1, 0.15) is 22.8 Å². The average Bonchev–Trinajstić information content (AvgIpc) is 2.28. The van der Waals surface area contributed by atoms with E-state index in [-0.39, 0.29) is 5.82 Å². The monoisotopic (exact) mass is 294 g/mol. The summed E-state index contributed by atoms with van der Waals surface area (Å²) in [6.07, 6.45) is -0.730. The fraction of sp³-hybridized carbons (Fsp3) is 0.143. The first-order chi connectivity index (χ1) is 8.06. The molecule has 0 saturated heterocycles. The molecule has 0 aliphatic carbocycles. The Morgan fingerprint density at radius 1 is 1.06 bits per heavy atom. The highest BCUT2D eigenvalue weighted by Crippen LogP contribution is 2.25. The molecular weight excluding hydrogens is 283 g/mol. The van der Waals surface area contributed by atoms with Crippen LogP contribution in [0.25, 0.3) is 0 Å². The number of hydrogen-bond donors (Lipinski definition) is 1. The van der Waals surface area contributed by atoms with Gasteiger partial charge in [-0.1, -0.05) is 34.1 Å². The van der Waals surface area contributed by atoms with Gasteiger partial charge in [-0.15, -0.1) is 0 Å². The minimum atomic E-state index is -0.730. The molecule has 0 heterocycles. The zero-order valence-electron chi connectivity index (χ0n) is 9.32. The van der Waals surface area contributed by atoms with Crippen LogP contribution in [-0.4, -0.2) is 5.11 Å². The molecule has 0 aliphatic rings. The summed E-state index contributed by atoms with van der Waals surface area (Å²) in [6.45, 7) is 1.96. The molecule has 0 aliphatic heterocycles. The third kappa shape index (κ3) is 2.93. The molecule has 0 aromatic heterocycles. The molecule has 1 atom stereocenters. The van der Waals surface area contributed by atoms with E-state index in [9.17, 15) is 9.50 Å². The summed E-state index contributed by atoms with van der Waals surface area (Å²) >= 11 is 3.39. The van der Waals surface area contributed by atoms with Crippen LogP contribution in [0.2, 0.25) is 0 Å². The van der Waals surface area contributed by atoms with Crippen molar-refractivity contribution in [2.75, 3.05) is 0 Å². The summed E-state index contributed by atoms with van der Waals surface area (Å²) in [5, 5.41) is 10.2. The van der Waals surface area contributed by atoms with Crippen molar-refractivity contribution in [3.8, 4) is 0 Å². The Balaban J connectivity index is 2.36.